The second-order valence-electron chi connectivity index (χ2n) is 5.87. The SMILES string of the molecule is COc1ccccc1CN(C)C(=O)COC(=O)COc1ccccc1C(N)=O. The minimum Gasteiger partial charge on any atom is -0.496 e. The first-order valence-corrected chi connectivity index (χ1v) is 8.45. The maximum absolute atomic E-state index is 12.2. The van der Waals surface area contributed by atoms with E-state index in [1.54, 1.807) is 32.4 Å². The number of rotatable bonds is 9. The van der Waals surface area contributed by atoms with Crippen molar-refractivity contribution >= 4 is 17.8 Å². The highest BCUT2D eigenvalue weighted by molar-refractivity contribution is 5.95. The first kappa shape index (κ1) is 20.8. The fourth-order valence-electron chi connectivity index (χ4n) is 2.40. The normalized spacial score (nSPS) is 10.1. The van der Waals surface area contributed by atoms with Crippen LogP contribution >= 0.6 is 0 Å². The topological polar surface area (TPSA) is 108 Å². The summed E-state index contributed by atoms with van der Waals surface area (Å²) in [6.45, 7) is -0.567. The molecule has 0 aliphatic rings. The molecule has 0 saturated carbocycles. The molecule has 0 unspecified atom stereocenters. The first-order chi connectivity index (χ1) is 13.4. The van der Waals surface area contributed by atoms with E-state index < -0.39 is 25.1 Å². The number of benzene rings is 2. The van der Waals surface area contributed by atoms with Crippen LogP contribution in [0.2, 0.25) is 0 Å². The highest BCUT2D eigenvalue weighted by Gasteiger charge is 2.15. The van der Waals surface area contributed by atoms with Gasteiger partial charge in [0.15, 0.2) is 13.2 Å². The Bertz CT molecular complexity index is 852. The average Bonchev–Trinajstić information content (AvgIpc) is 2.70. The van der Waals surface area contributed by atoms with Gasteiger partial charge in [-0.2, -0.15) is 0 Å². The Morgan fingerprint density at radius 3 is 2.29 bits per heavy atom. The summed E-state index contributed by atoms with van der Waals surface area (Å²) in [7, 11) is 3.15. The quantitative estimate of drug-likeness (QED) is 0.652. The standard InChI is InChI=1S/C20H22N2O6/c1-22(11-14-7-3-5-9-16(14)26-2)18(23)12-28-19(24)13-27-17-10-6-4-8-15(17)20(21)25/h3-10H,11-13H2,1-2H3,(H2,21,25). The highest BCUT2D eigenvalue weighted by atomic mass is 16.6. The van der Waals surface area contributed by atoms with Gasteiger partial charge in [0.05, 0.1) is 12.7 Å². The third-order valence-electron chi connectivity index (χ3n) is 3.88. The summed E-state index contributed by atoms with van der Waals surface area (Å²) in [6.07, 6.45) is 0. The summed E-state index contributed by atoms with van der Waals surface area (Å²) in [4.78, 5) is 36.7. The van der Waals surface area contributed by atoms with Crippen LogP contribution in [0.1, 0.15) is 15.9 Å². The summed E-state index contributed by atoms with van der Waals surface area (Å²) in [6, 6.07) is 13.6. The Hall–Kier alpha value is -3.55. The van der Waals surface area contributed by atoms with E-state index in [-0.39, 0.29) is 17.2 Å². The lowest BCUT2D eigenvalue weighted by Crippen LogP contribution is -2.31. The molecule has 2 N–H and O–H groups in total. The molecule has 2 aromatic carbocycles. The van der Waals surface area contributed by atoms with Gasteiger partial charge >= 0.3 is 5.97 Å². The third kappa shape index (κ3) is 5.73. The van der Waals surface area contributed by atoms with Crippen molar-refractivity contribution in [2.75, 3.05) is 27.4 Å². The van der Waals surface area contributed by atoms with Gasteiger partial charge in [0, 0.05) is 19.2 Å². The summed E-state index contributed by atoms with van der Waals surface area (Å²) in [5.41, 5.74) is 6.23. The number of carbonyl (C=O) groups excluding carboxylic acids is 3. The number of hydrogen-bond donors (Lipinski definition) is 1. The van der Waals surface area contributed by atoms with Crippen LogP contribution in [0.15, 0.2) is 48.5 Å². The largest absolute Gasteiger partial charge is 0.496 e. The molecule has 8 nitrogen and oxygen atoms in total. The van der Waals surface area contributed by atoms with E-state index in [4.69, 9.17) is 19.9 Å². The lowest BCUT2D eigenvalue weighted by molar-refractivity contribution is -0.153. The highest BCUT2D eigenvalue weighted by Crippen LogP contribution is 2.19. The van der Waals surface area contributed by atoms with Crippen LogP contribution in [0.4, 0.5) is 0 Å². The molecule has 148 valence electrons. The molecule has 0 aliphatic carbocycles. The Balaban J connectivity index is 1.82. The lowest BCUT2D eigenvalue weighted by Gasteiger charge is -2.18. The number of nitrogens with two attached hydrogens (primary N) is 1. The molecule has 8 heteroatoms. The van der Waals surface area contributed by atoms with Crippen molar-refractivity contribution in [1.29, 1.82) is 0 Å². The van der Waals surface area contributed by atoms with E-state index >= 15 is 0 Å². The molecular weight excluding hydrogens is 364 g/mol. The van der Waals surface area contributed by atoms with E-state index in [2.05, 4.69) is 0 Å². The van der Waals surface area contributed by atoms with Crippen LogP contribution in [0, 0.1) is 0 Å². The fourth-order valence-corrected chi connectivity index (χ4v) is 2.40. The Kier molecular flexibility index (Phi) is 7.38. The van der Waals surface area contributed by atoms with Crippen LogP contribution in [0.3, 0.4) is 0 Å². The third-order valence-corrected chi connectivity index (χ3v) is 3.88. The minimum absolute atomic E-state index is 0.155. The van der Waals surface area contributed by atoms with Crippen molar-refractivity contribution in [3.05, 3.63) is 59.7 Å². The van der Waals surface area contributed by atoms with Crippen LogP contribution in [-0.4, -0.2) is 50.1 Å². The van der Waals surface area contributed by atoms with Crippen LogP contribution < -0.4 is 15.2 Å². The van der Waals surface area contributed by atoms with Gasteiger partial charge < -0.3 is 24.8 Å². The number of para-hydroxylation sites is 2. The van der Waals surface area contributed by atoms with E-state index in [0.717, 1.165) is 5.56 Å². The zero-order valence-electron chi connectivity index (χ0n) is 15.7. The van der Waals surface area contributed by atoms with E-state index in [1.807, 2.05) is 18.2 Å². The molecule has 2 amide bonds. The summed E-state index contributed by atoms with van der Waals surface area (Å²) in [5, 5.41) is 0. The van der Waals surface area contributed by atoms with Gasteiger partial charge in [-0.1, -0.05) is 30.3 Å². The Morgan fingerprint density at radius 2 is 1.61 bits per heavy atom. The Morgan fingerprint density at radius 1 is 0.964 bits per heavy atom. The molecule has 0 radical (unpaired) electrons. The number of amides is 2. The van der Waals surface area contributed by atoms with Gasteiger partial charge in [0.1, 0.15) is 11.5 Å². The van der Waals surface area contributed by atoms with Gasteiger partial charge in [0.25, 0.3) is 11.8 Å². The Labute approximate surface area is 162 Å². The summed E-state index contributed by atoms with van der Waals surface area (Å²) < 4.78 is 15.5. The van der Waals surface area contributed by atoms with Gasteiger partial charge in [0.2, 0.25) is 0 Å². The maximum Gasteiger partial charge on any atom is 0.344 e. The average molecular weight is 386 g/mol. The predicted molar refractivity (Wildman–Crippen MR) is 101 cm³/mol. The molecule has 28 heavy (non-hydrogen) atoms. The van der Waals surface area contributed by atoms with Gasteiger partial charge in [-0.25, -0.2) is 4.79 Å². The zero-order chi connectivity index (χ0) is 20.5. The maximum atomic E-state index is 12.2. The number of likely N-dealkylation sites (N-methyl/N-ethyl adjacent to an activating group) is 1. The minimum atomic E-state index is -0.738. The monoisotopic (exact) mass is 386 g/mol. The smallest absolute Gasteiger partial charge is 0.344 e. The van der Waals surface area contributed by atoms with Crippen molar-refractivity contribution in [3.63, 3.8) is 0 Å². The molecule has 0 fully saturated rings. The van der Waals surface area contributed by atoms with E-state index in [0.29, 0.717) is 12.3 Å². The second kappa shape index (κ2) is 9.96. The van der Waals surface area contributed by atoms with Crippen LogP contribution in [0.5, 0.6) is 11.5 Å². The number of methoxy groups -OCH3 is 1. The van der Waals surface area contributed by atoms with E-state index in [9.17, 15) is 14.4 Å². The van der Waals surface area contributed by atoms with Crippen molar-refractivity contribution in [1.82, 2.24) is 4.90 Å². The second-order valence-corrected chi connectivity index (χ2v) is 5.87. The summed E-state index contributed by atoms with van der Waals surface area (Å²) in [5.74, 6) is -0.945. The fraction of sp³-hybridized carbons (Fsp3) is 0.250. The molecule has 0 heterocycles. The summed E-state index contributed by atoms with van der Waals surface area (Å²) >= 11 is 0. The lowest BCUT2D eigenvalue weighted by atomic mass is 10.2. The van der Waals surface area contributed by atoms with E-state index in [1.165, 1.54) is 17.0 Å². The van der Waals surface area contributed by atoms with Crippen LogP contribution in [-0.2, 0) is 20.9 Å². The molecular formula is C20H22N2O6. The number of esters is 1. The molecule has 0 spiro atoms. The molecule has 0 aromatic heterocycles. The number of ether oxygens (including phenoxy) is 3. The number of carbonyl (C=O) groups is 3. The first-order valence-electron chi connectivity index (χ1n) is 8.45. The zero-order valence-corrected chi connectivity index (χ0v) is 15.7. The number of primary amides is 1. The van der Waals surface area contributed by atoms with Crippen molar-refractivity contribution in [2.24, 2.45) is 5.73 Å². The van der Waals surface area contributed by atoms with Crippen molar-refractivity contribution in [3.8, 4) is 11.5 Å². The molecule has 0 aliphatic heterocycles. The van der Waals surface area contributed by atoms with Gasteiger partial charge in [-0.15, -0.1) is 0 Å². The molecule has 2 rings (SSSR count). The van der Waals surface area contributed by atoms with Crippen molar-refractivity contribution in [2.45, 2.75) is 6.54 Å². The van der Waals surface area contributed by atoms with Crippen LogP contribution in [0.25, 0.3) is 0 Å². The molecule has 0 atom stereocenters. The van der Waals surface area contributed by atoms with Gasteiger partial charge in [-0.05, 0) is 18.2 Å². The molecule has 2 aromatic rings. The predicted octanol–water partition coefficient (Wildman–Crippen LogP) is 1.37. The van der Waals surface area contributed by atoms with Crippen molar-refractivity contribution < 1.29 is 28.6 Å². The van der Waals surface area contributed by atoms with Gasteiger partial charge in [-0.3, -0.25) is 9.59 Å². The number of nitrogens with zero attached hydrogens (tertiary/aromatic N) is 1. The number of hydrogen-bond acceptors (Lipinski definition) is 6. The molecule has 0 saturated heterocycles. The molecule has 0 bridgehead atoms.